The Morgan fingerprint density at radius 2 is 0.934 bits per heavy atom. The van der Waals surface area contributed by atoms with Crippen LogP contribution in [0.1, 0.15) is 58.4 Å². The van der Waals surface area contributed by atoms with Gasteiger partial charge < -0.3 is 9.13 Å². The third-order valence-corrected chi connectivity index (χ3v) is 14.4. The van der Waals surface area contributed by atoms with Gasteiger partial charge in [0.25, 0.3) is 0 Å². The van der Waals surface area contributed by atoms with Gasteiger partial charge in [0.15, 0.2) is 0 Å². The summed E-state index contributed by atoms with van der Waals surface area (Å²) in [5.41, 5.74) is 21.9. The molecule has 2 aliphatic carbocycles. The minimum Gasteiger partial charge on any atom is -0.341 e. The van der Waals surface area contributed by atoms with Crippen LogP contribution in [-0.4, -0.2) is 14.1 Å². The van der Waals surface area contributed by atoms with Gasteiger partial charge in [0, 0.05) is 73.9 Å². The zero-order valence-electron chi connectivity index (χ0n) is 35.1. The maximum atomic E-state index is 4.72. The molecule has 7 aromatic carbocycles. The van der Waals surface area contributed by atoms with Gasteiger partial charge in [0.2, 0.25) is 0 Å². The number of hydrogen-bond donors (Lipinski definition) is 0. The molecule has 0 N–H and O–H groups in total. The number of hydrogen-bond acceptors (Lipinski definition) is 1. The molecule has 3 heterocycles. The van der Waals surface area contributed by atoms with E-state index in [4.69, 9.17) is 4.98 Å². The highest BCUT2D eigenvalue weighted by atomic mass is 15.0. The molecule has 1 spiro atoms. The van der Waals surface area contributed by atoms with E-state index in [2.05, 4.69) is 175 Å². The van der Waals surface area contributed by atoms with E-state index >= 15 is 0 Å². The van der Waals surface area contributed by atoms with Crippen molar-refractivity contribution in [3.63, 3.8) is 0 Å². The van der Waals surface area contributed by atoms with Gasteiger partial charge in [0.05, 0.1) is 5.69 Å². The molecule has 0 aliphatic heterocycles. The zero-order valence-corrected chi connectivity index (χ0v) is 35.1. The Morgan fingerprint density at radius 3 is 1.48 bits per heavy atom. The van der Waals surface area contributed by atoms with E-state index in [1.54, 1.807) is 0 Å². The lowest BCUT2D eigenvalue weighted by atomic mass is 9.74. The van der Waals surface area contributed by atoms with Crippen molar-refractivity contribution in [1.29, 1.82) is 0 Å². The third kappa shape index (κ3) is 5.74. The summed E-state index contributed by atoms with van der Waals surface area (Å²) in [6.45, 7) is 6.44. The van der Waals surface area contributed by atoms with Gasteiger partial charge in [-0.3, -0.25) is 4.98 Å². The molecule has 0 radical (unpaired) electrons. The van der Waals surface area contributed by atoms with Gasteiger partial charge in [-0.1, -0.05) is 103 Å². The lowest BCUT2D eigenvalue weighted by Crippen LogP contribution is -2.26. The lowest BCUT2D eigenvalue weighted by Gasteiger charge is -2.27. The molecule has 0 fully saturated rings. The van der Waals surface area contributed by atoms with Crippen LogP contribution >= 0.6 is 0 Å². The standard InChI is InChI=1S/C58H49N3/c1-3-60-54-14-7-5-11-47(54)49-31-38(22-28-56(49)60)16-18-40-20-26-45-46-27-21-41(19-17-39-23-29-57-50(32-39)48-12-6-8-15-55(48)61(57)4-2)34-52(46)58(51(45)33-40)36-43-25-24-42(35-44(43)37-58)53-13-9-10-30-59-53/h5-15,20-35H,3-4,16-19,36-37H2,1-2H3. The van der Waals surface area contributed by atoms with Crippen LogP contribution in [0.2, 0.25) is 0 Å². The number of nitrogens with zero attached hydrogens (tertiary/aromatic N) is 3. The van der Waals surface area contributed by atoms with Crippen molar-refractivity contribution in [1.82, 2.24) is 14.1 Å². The fourth-order valence-corrected chi connectivity index (χ4v) is 11.4. The summed E-state index contributed by atoms with van der Waals surface area (Å²) in [7, 11) is 0. The van der Waals surface area contributed by atoms with E-state index in [1.807, 2.05) is 12.3 Å². The normalized spacial score (nSPS) is 13.8. The van der Waals surface area contributed by atoms with Gasteiger partial charge >= 0.3 is 0 Å². The Labute approximate surface area is 358 Å². The minimum absolute atomic E-state index is 0.0937. The fraction of sp³-hybridized carbons (Fsp3) is 0.190. The monoisotopic (exact) mass is 787 g/mol. The number of fused-ring (bicyclic) bond motifs is 12. The Balaban J connectivity index is 0.886. The van der Waals surface area contributed by atoms with Crippen molar-refractivity contribution in [2.75, 3.05) is 0 Å². The maximum absolute atomic E-state index is 4.72. The first kappa shape index (κ1) is 36.2. The highest BCUT2D eigenvalue weighted by molar-refractivity contribution is 6.09. The Morgan fingerprint density at radius 1 is 0.443 bits per heavy atom. The average molecular weight is 788 g/mol. The first-order valence-electron chi connectivity index (χ1n) is 22.4. The summed E-state index contributed by atoms with van der Waals surface area (Å²) in [6, 6.07) is 60.2. The summed E-state index contributed by atoms with van der Waals surface area (Å²) in [5.74, 6) is 0. The number of aryl methyl sites for hydroxylation is 6. The quantitative estimate of drug-likeness (QED) is 0.143. The highest BCUT2D eigenvalue weighted by Gasteiger charge is 2.47. The summed E-state index contributed by atoms with van der Waals surface area (Å²) in [5, 5.41) is 5.44. The number of benzene rings is 7. The molecule has 2 aliphatic rings. The van der Waals surface area contributed by atoms with E-state index in [0.29, 0.717) is 0 Å². The molecule has 10 aromatic rings. The van der Waals surface area contributed by atoms with Crippen LogP contribution in [0.25, 0.3) is 66.0 Å². The lowest BCUT2D eigenvalue weighted by molar-refractivity contribution is 0.562. The van der Waals surface area contributed by atoms with E-state index in [0.717, 1.165) is 57.3 Å². The summed E-state index contributed by atoms with van der Waals surface area (Å²) in [6.07, 6.45) is 7.99. The van der Waals surface area contributed by atoms with Crippen LogP contribution in [0, 0.1) is 0 Å². The molecule has 61 heavy (non-hydrogen) atoms. The number of rotatable bonds is 9. The second-order valence-electron chi connectivity index (χ2n) is 17.6. The van der Waals surface area contributed by atoms with Crippen molar-refractivity contribution >= 4 is 43.6 Å². The SMILES string of the molecule is CCn1c2ccccc2c2cc(CCc3ccc4c(c3)C3(Cc5ccc(-c6ccccn6)cc5C3)c3cc(CCc5ccc6c(c5)c5ccccc5n6CC)ccc3-4)ccc21. The van der Waals surface area contributed by atoms with Crippen LogP contribution in [0.3, 0.4) is 0 Å². The number of pyridine rings is 1. The van der Waals surface area contributed by atoms with Crippen molar-refractivity contribution < 1.29 is 0 Å². The van der Waals surface area contributed by atoms with Gasteiger partial charge in [-0.05, 0) is 163 Å². The molecule has 0 unspecified atom stereocenters. The zero-order chi connectivity index (χ0) is 40.7. The van der Waals surface area contributed by atoms with Gasteiger partial charge in [0.1, 0.15) is 0 Å². The van der Waals surface area contributed by atoms with Crippen LogP contribution < -0.4 is 0 Å². The minimum atomic E-state index is -0.0937. The molecule has 0 saturated carbocycles. The molecule has 0 saturated heterocycles. The summed E-state index contributed by atoms with van der Waals surface area (Å²) in [4.78, 5) is 4.72. The molecule has 3 aromatic heterocycles. The molecule has 296 valence electrons. The molecule has 12 rings (SSSR count). The van der Waals surface area contributed by atoms with Crippen molar-refractivity contribution in [2.45, 2.75) is 70.9 Å². The van der Waals surface area contributed by atoms with Gasteiger partial charge in [-0.2, -0.15) is 0 Å². The predicted octanol–water partition coefficient (Wildman–Crippen LogP) is 13.6. The fourth-order valence-electron chi connectivity index (χ4n) is 11.4. The van der Waals surface area contributed by atoms with Crippen molar-refractivity contribution in [3.8, 4) is 22.4 Å². The second kappa shape index (κ2) is 14.2. The van der Waals surface area contributed by atoms with E-state index in [9.17, 15) is 0 Å². The average Bonchev–Trinajstić information content (AvgIpc) is 4.03. The third-order valence-electron chi connectivity index (χ3n) is 14.4. The van der Waals surface area contributed by atoms with Gasteiger partial charge in [-0.15, -0.1) is 0 Å². The molecular weight excluding hydrogens is 739 g/mol. The number of aromatic nitrogens is 3. The maximum Gasteiger partial charge on any atom is 0.0702 e. The smallest absolute Gasteiger partial charge is 0.0702 e. The predicted molar refractivity (Wildman–Crippen MR) is 255 cm³/mol. The molecule has 0 amide bonds. The van der Waals surface area contributed by atoms with Gasteiger partial charge in [-0.25, -0.2) is 0 Å². The first-order chi connectivity index (χ1) is 30.1. The number of para-hydroxylation sites is 2. The molecular formula is C58H49N3. The summed E-state index contributed by atoms with van der Waals surface area (Å²) < 4.78 is 4.89. The van der Waals surface area contributed by atoms with E-state index < -0.39 is 0 Å². The van der Waals surface area contributed by atoms with Crippen LogP contribution in [0.4, 0.5) is 0 Å². The Hall–Kier alpha value is -6.71. The first-order valence-corrected chi connectivity index (χ1v) is 22.4. The molecule has 0 atom stereocenters. The van der Waals surface area contributed by atoms with Crippen molar-refractivity contribution in [3.05, 3.63) is 208 Å². The Bertz CT molecular complexity index is 3170. The topological polar surface area (TPSA) is 22.8 Å². The molecule has 3 heteroatoms. The van der Waals surface area contributed by atoms with E-state index in [1.165, 1.54) is 105 Å². The largest absolute Gasteiger partial charge is 0.341 e. The highest BCUT2D eigenvalue weighted by Crippen LogP contribution is 2.56. The van der Waals surface area contributed by atoms with Crippen molar-refractivity contribution in [2.24, 2.45) is 0 Å². The van der Waals surface area contributed by atoms with Crippen LogP contribution in [-0.2, 0) is 57.0 Å². The summed E-state index contributed by atoms with van der Waals surface area (Å²) >= 11 is 0. The van der Waals surface area contributed by atoms with Crippen LogP contribution in [0.15, 0.2) is 164 Å². The van der Waals surface area contributed by atoms with Crippen LogP contribution in [0.5, 0.6) is 0 Å². The molecule has 0 bridgehead atoms. The second-order valence-corrected chi connectivity index (χ2v) is 17.6. The Kier molecular flexibility index (Phi) is 8.42. The molecule has 3 nitrogen and oxygen atoms in total. The van der Waals surface area contributed by atoms with E-state index in [-0.39, 0.29) is 5.41 Å².